The Hall–Kier alpha value is -3.85. The van der Waals surface area contributed by atoms with Crippen LogP contribution in [0.15, 0.2) is 76.8 Å². The summed E-state index contributed by atoms with van der Waals surface area (Å²) in [4.78, 5) is 18.1. The molecular formula is C24H17FN4O3S. The molecule has 3 aromatic carbocycles. The van der Waals surface area contributed by atoms with E-state index in [1.165, 1.54) is 17.8 Å². The molecule has 9 heteroatoms. The van der Waals surface area contributed by atoms with E-state index in [0.717, 1.165) is 5.56 Å². The Morgan fingerprint density at radius 3 is 2.79 bits per heavy atom. The number of thioether (sulfide) groups is 1. The molecule has 0 aliphatic carbocycles. The number of hydrazone groups is 1. The summed E-state index contributed by atoms with van der Waals surface area (Å²) in [7, 11) is 0. The van der Waals surface area contributed by atoms with Crippen LogP contribution in [0.2, 0.25) is 0 Å². The molecule has 0 bridgehead atoms. The maximum atomic E-state index is 14.1. The summed E-state index contributed by atoms with van der Waals surface area (Å²) in [6, 6.07) is 19.6. The monoisotopic (exact) mass is 460 g/mol. The molecule has 3 heterocycles. The number of nitrogens with one attached hydrogen (secondary N) is 1. The van der Waals surface area contributed by atoms with Crippen molar-refractivity contribution in [3.8, 4) is 11.5 Å². The largest absolute Gasteiger partial charge is 0.454 e. The Balaban J connectivity index is 1.42. The van der Waals surface area contributed by atoms with Crippen molar-refractivity contribution in [1.29, 1.82) is 0 Å². The molecule has 3 aliphatic heterocycles. The van der Waals surface area contributed by atoms with Crippen LogP contribution in [0.5, 0.6) is 11.5 Å². The predicted octanol–water partition coefficient (Wildman–Crippen LogP) is 2.63. The van der Waals surface area contributed by atoms with Crippen LogP contribution in [0.1, 0.15) is 17.3 Å². The van der Waals surface area contributed by atoms with Crippen LogP contribution >= 0.6 is 11.8 Å². The first-order valence-electron chi connectivity index (χ1n) is 10.3. The Kier molecular flexibility index (Phi) is 4.76. The van der Waals surface area contributed by atoms with Crippen molar-refractivity contribution in [2.75, 3.05) is 6.79 Å². The maximum Gasteiger partial charge on any atom is 0.276 e. The third-order valence-corrected chi connectivity index (χ3v) is 6.44. The van der Waals surface area contributed by atoms with Crippen LogP contribution in [-0.2, 0) is 10.5 Å². The Morgan fingerprint density at radius 1 is 1.06 bits per heavy atom. The molecule has 0 radical (unpaired) electrons. The molecule has 0 aromatic heterocycles. The van der Waals surface area contributed by atoms with Crippen LogP contribution < -0.4 is 25.4 Å². The Bertz CT molecular complexity index is 1440. The fraction of sp³-hybridized carbons (Fsp3) is 0.125. The van der Waals surface area contributed by atoms with Gasteiger partial charge in [0.25, 0.3) is 5.91 Å². The highest BCUT2D eigenvalue weighted by Crippen LogP contribution is 2.38. The first-order valence-corrected chi connectivity index (χ1v) is 11.3. The highest BCUT2D eigenvalue weighted by molar-refractivity contribution is 8.13. The van der Waals surface area contributed by atoms with E-state index in [-0.39, 0.29) is 18.5 Å². The molecule has 0 fully saturated rings. The van der Waals surface area contributed by atoms with Crippen molar-refractivity contribution in [1.82, 2.24) is 10.3 Å². The second kappa shape index (κ2) is 7.93. The number of benzene rings is 3. The van der Waals surface area contributed by atoms with Gasteiger partial charge in [0.15, 0.2) is 22.8 Å². The number of ether oxygens (including phenoxy) is 2. The minimum Gasteiger partial charge on any atom is -0.454 e. The van der Waals surface area contributed by atoms with E-state index in [1.807, 2.05) is 42.5 Å². The summed E-state index contributed by atoms with van der Waals surface area (Å²) in [6.07, 6.45) is -0.570. The summed E-state index contributed by atoms with van der Waals surface area (Å²) in [5.41, 5.74) is 1.76. The number of rotatable bonds is 3. The number of amidine groups is 1. The number of amides is 1. The number of hydrogen-bond acceptors (Lipinski definition) is 7. The van der Waals surface area contributed by atoms with Gasteiger partial charge < -0.3 is 9.47 Å². The molecule has 164 valence electrons. The lowest BCUT2D eigenvalue weighted by Gasteiger charge is -2.34. The van der Waals surface area contributed by atoms with Gasteiger partial charge in [-0.3, -0.25) is 15.1 Å². The van der Waals surface area contributed by atoms with Gasteiger partial charge in [0.05, 0.1) is 5.36 Å². The van der Waals surface area contributed by atoms with Gasteiger partial charge in [-0.15, -0.1) is 5.10 Å². The molecule has 3 aliphatic rings. The summed E-state index contributed by atoms with van der Waals surface area (Å²) >= 11 is 1.26. The first kappa shape index (κ1) is 19.8. The van der Waals surface area contributed by atoms with E-state index in [2.05, 4.69) is 5.32 Å². The van der Waals surface area contributed by atoms with Crippen molar-refractivity contribution < 1.29 is 18.7 Å². The average Bonchev–Trinajstić information content (AvgIpc) is 3.31. The van der Waals surface area contributed by atoms with E-state index in [0.29, 0.717) is 44.3 Å². The second-order valence-electron chi connectivity index (χ2n) is 7.57. The average molecular weight is 460 g/mol. The molecule has 7 nitrogen and oxygen atoms in total. The fourth-order valence-electron chi connectivity index (χ4n) is 3.94. The van der Waals surface area contributed by atoms with E-state index < -0.39 is 6.17 Å². The summed E-state index contributed by atoms with van der Waals surface area (Å²) < 4.78 is 25.0. The summed E-state index contributed by atoms with van der Waals surface area (Å²) in [5.74, 6) is 1.05. The second-order valence-corrected chi connectivity index (χ2v) is 8.53. The van der Waals surface area contributed by atoms with E-state index >= 15 is 0 Å². The van der Waals surface area contributed by atoms with Crippen LogP contribution in [0, 0.1) is 5.82 Å². The fourth-order valence-corrected chi connectivity index (χ4v) is 4.78. The van der Waals surface area contributed by atoms with E-state index in [1.54, 1.807) is 23.2 Å². The van der Waals surface area contributed by atoms with Gasteiger partial charge in [-0.1, -0.05) is 54.2 Å². The molecule has 33 heavy (non-hydrogen) atoms. The third kappa shape index (κ3) is 3.50. The van der Waals surface area contributed by atoms with Crippen LogP contribution in [0.4, 0.5) is 4.39 Å². The zero-order valence-corrected chi connectivity index (χ0v) is 18.0. The maximum absolute atomic E-state index is 14.1. The molecule has 1 unspecified atom stereocenters. The minimum absolute atomic E-state index is 0.169. The number of nitrogens with zero attached hydrogens (tertiary/aromatic N) is 3. The molecule has 0 saturated carbocycles. The van der Waals surface area contributed by atoms with Crippen molar-refractivity contribution in [3.05, 3.63) is 94.3 Å². The lowest BCUT2D eigenvalue weighted by molar-refractivity contribution is -0.116. The van der Waals surface area contributed by atoms with Gasteiger partial charge in [0, 0.05) is 16.5 Å². The summed E-state index contributed by atoms with van der Waals surface area (Å²) in [6.45, 7) is 0.169. The van der Waals surface area contributed by atoms with Gasteiger partial charge in [-0.05, 0) is 29.8 Å². The van der Waals surface area contributed by atoms with Crippen LogP contribution in [0.3, 0.4) is 0 Å². The first-order chi connectivity index (χ1) is 16.2. The smallest absolute Gasteiger partial charge is 0.276 e. The number of hydrogen-bond donors (Lipinski definition) is 1. The zero-order valence-electron chi connectivity index (χ0n) is 17.2. The zero-order chi connectivity index (χ0) is 22.4. The van der Waals surface area contributed by atoms with Crippen LogP contribution in [0.25, 0.3) is 5.70 Å². The Labute approximate surface area is 192 Å². The normalized spacial score (nSPS) is 18.2. The highest BCUT2D eigenvalue weighted by atomic mass is 32.2. The molecular weight excluding hydrogens is 443 g/mol. The highest BCUT2D eigenvalue weighted by Gasteiger charge is 2.35. The van der Waals surface area contributed by atoms with Crippen molar-refractivity contribution in [2.45, 2.75) is 11.9 Å². The van der Waals surface area contributed by atoms with E-state index in [4.69, 9.17) is 19.6 Å². The van der Waals surface area contributed by atoms with Gasteiger partial charge >= 0.3 is 0 Å². The quantitative estimate of drug-likeness (QED) is 0.651. The number of para-hydroxylation sites is 1. The lowest BCUT2D eigenvalue weighted by atomic mass is 10.1. The van der Waals surface area contributed by atoms with E-state index in [9.17, 15) is 9.18 Å². The number of halogens is 1. The number of carbonyl (C=O) groups is 1. The predicted molar refractivity (Wildman–Crippen MR) is 121 cm³/mol. The molecule has 1 atom stereocenters. The van der Waals surface area contributed by atoms with Gasteiger partial charge in [-0.25, -0.2) is 9.40 Å². The van der Waals surface area contributed by atoms with Crippen molar-refractivity contribution in [2.24, 2.45) is 10.1 Å². The third-order valence-electron chi connectivity index (χ3n) is 5.53. The van der Waals surface area contributed by atoms with Gasteiger partial charge in [0.2, 0.25) is 6.79 Å². The Morgan fingerprint density at radius 2 is 1.88 bits per heavy atom. The number of fused-ring (bicyclic) bond motifs is 3. The molecule has 3 aromatic rings. The minimum atomic E-state index is -0.570. The standard InChI is InChI=1S/C24H17FN4O3S/c25-17-7-3-1-5-15(17)12-33-24-27-23(30)21-16-6-2-4-8-18(16)26-22(29(21)28-24)14-9-10-19-20(11-14)32-13-31-19/h1-11,22H,12-13H2,(H,27,28,30). The van der Waals surface area contributed by atoms with Crippen molar-refractivity contribution in [3.63, 3.8) is 0 Å². The molecule has 6 rings (SSSR count). The van der Waals surface area contributed by atoms with Crippen molar-refractivity contribution >= 4 is 28.5 Å². The molecule has 0 saturated heterocycles. The number of carbonyl (C=O) groups excluding carboxylic acids is 1. The van der Waals surface area contributed by atoms with Crippen LogP contribution in [-0.4, -0.2) is 22.9 Å². The lowest BCUT2D eigenvalue weighted by Crippen LogP contribution is -2.50. The molecule has 0 spiro atoms. The molecule has 1 amide bonds. The SMILES string of the molecule is O=C1NC(SCc2ccccc2F)=NN2C1=c1ccccc1=NC2c1ccc2c(c1)OCO2. The summed E-state index contributed by atoms with van der Waals surface area (Å²) in [5, 5.41) is 11.0. The van der Waals surface area contributed by atoms with Gasteiger partial charge in [-0.2, -0.15) is 0 Å². The van der Waals surface area contributed by atoms with Gasteiger partial charge in [0.1, 0.15) is 11.5 Å². The molecule has 1 N–H and O–H groups in total. The topological polar surface area (TPSA) is 75.5 Å².